The molecule has 1 saturated carbocycles. The number of halogens is 1. The third-order valence-corrected chi connectivity index (χ3v) is 5.60. The minimum absolute atomic E-state index is 0.145. The Balaban J connectivity index is 2.49. The van der Waals surface area contributed by atoms with Crippen LogP contribution >= 0.6 is 11.6 Å². The Morgan fingerprint density at radius 3 is 2.35 bits per heavy atom. The van der Waals surface area contributed by atoms with Crippen molar-refractivity contribution >= 4 is 27.4 Å². The molecule has 1 aliphatic carbocycles. The van der Waals surface area contributed by atoms with Gasteiger partial charge in [0.2, 0.25) is 0 Å². The van der Waals surface area contributed by atoms with Crippen LogP contribution in [0.25, 0.3) is 0 Å². The number of aliphatic carboxylic acids is 1. The fourth-order valence-electron chi connectivity index (χ4n) is 2.90. The summed E-state index contributed by atoms with van der Waals surface area (Å²) in [5.74, 6) is -1.78. The van der Waals surface area contributed by atoms with E-state index in [1.54, 1.807) is 24.3 Å². The van der Waals surface area contributed by atoms with E-state index in [4.69, 9.17) is 16.3 Å². The van der Waals surface area contributed by atoms with Crippen LogP contribution in [-0.2, 0) is 19.4 Å². The molecule has 0 spiro atoms. The summed E-state index contributed by atoms with van der Waals surface area (Å²) in [6.07, 6.45) is 1.06. The van der Waals surface area contributed by atoms with Crippen LogP contribution in [-0.4, -0.2) is 44.7 Å². The van der Waals surface area contributed by atoms with Gasteiger partial charge in [-0.2, -0.15) is 0 Å². The van der Waals surface area contributed by atoms with Gasteiger partial charge in [-0.25, -0.2) is 8.42 Å². The number of rotatable bonds is 5. The zero-order valence-corrected chi connectivity index (χ0v) is 12.6. The van der Waals surface area contributed by atoms with Crippen molar-refractivity contribution < 1.29 is 23.1 Å². The van der Waals surface area contributed by atoms with Gasteiger partial charge in [-0.3, -0.25) is 4.79 Å². The van der Waals surface area contributed by atoms with E-state index in [0.29, 0.717) is 10.6 Å². The number of carboxylic acids is 1. The highest BCUT2D eigenvalue weighted by Crippen LogP contribution is 2.63. The normalized spacial score (nSPS) is 29.1. The van der Waals surface area contributed by atoms with Crippen LogP contribution in [0.4, 0.5) is 0 Å². The molecule has 0 unspecified atom stereocenters. The lowest BCUT2D eigenvalue weighted by Gasteiger charge is -2.11. The Morgan fingerprint density at radius 1 is 1.40 bits per heavy atom. The molecule has 20 heavy (non-hydrogen) atoms. The molecule has 7 heteroatoms. The first-order valence-electron chi connectivity index (χ1n) is 5.92. The lowest BCUT2D eigenvalue weighted by molar-refractivity contribution is -0.145. The molecule has 110 valence electrons. The Bertz CT molecular complexity index is 625. The summed E-state index contributed by atoms with van der Waals surface area (Å²) in [6, 6.07) is 6.55. The molecule has 0 radical (unpaired) electrons. The molecule has 0 amide bonds. The maximum absolute atomic E-state index is 11.9. The first kappa shape index (κ1) is 15.3. The van der Waals surface area contributed by atoms with Crippen molar-refractivity contribution in [2.75, 3.05) is 20.0 Å². The number of carboxylic acid groups (broad SMARTS) is 1. The molecule has 2 rings (SSSR count). The third kappa shape index (κ3) is 2.32. The molecule has 1 fully saturated rings. The molecule has 1 aliphatic rings. The van der Waals surface area contributed by atoms with Gasteiger partial charge in [-0.15, -0.1) is 0 Å². The van der Waals surface area contributed by atoms with Crippen molar-refractivity contribution in [2.24, 2.45) is 5.41 Å². The van der Waals surface area contributed by atoms with Crippen molar-refractivity contribution in [3.05, 3.63) is 34.9 Å². The minimum Gasteiger partial charge on any atom is -0.481 e. The van der Waals surface area contributed by atoms with Gasteiger partial charge in [-0.05, 0) is 17.7 Å². The third-order valence-electron chi connectivity index (χ3n) is 3.73. The largest absolute Gasteiger partial charge is 0.481 e. The minimum atomic E-state index is -3.51. The predicted octanol–water partition coefficient (Wildman–Crippen LogP) is 1.57. The van der Waals surface area contributed by atoms with E-state index in [0.717, 1.165) is 6.26 Å². The second-order valence-electron chi connectivity index (χ2n) is 5.06. The number of sulfone groups is 1. The Labute approximate surface area is 122 Å². The maximum atomic E-state index is 11.9. The number of benzene rings is 1. The van der Waals surface area contributed by atoms with Crippen molar-refractivity contribution in [3.63, 3.8) is 0 Å². The average molecular weight is 319 g/mol. The summed E-state index contributed by atoms with van der Waals surface area (Å²) in [4.78, 5) is 11.6. The summed E-state index contributed by atoms with van der Waals surface area (Å²) in [5, 5.41) is 9.02. The van der Waals surface area contributed by atoms with Crippen molar-refractivity contribution in [1.29, 1.82) is 0 Å². The van der Waals surface area contributed by atoms with Gasteiger partial charge in [0.25, 0.3) is 0 Å². The second kappa shape index (κ2) is 5.02. The Morgan fingerprint density at radius 2 is 1.95 bits per heavy atom. The van der Waals surface area contributed by atoms with E-state index in [1.807, 2.05) is 0 Å². The molecule has 0 aromatic heterocycles. The van der Waals surface area contributed by atoms with Gasteiger partial charge in [0, 0.05) is 24.3 Å². The average Bonchev–Trinajstić information content (AvgIpc) is 3.01. The highest BCUT2D eigenvalue weighted by Gasteiger charge is 2.74. The highest BCUT2D eigenvalue weighted by atomic mass is 35.5. The zero-order chi connectivity index (χ0) is 15.1. The van der Waals surface area contributed by atoms with Gasteiger partial charge in [-0.1, -0.05) is 23.7 Å². The van der Waals surface area contributed by atoms with E-state index in [9.17, 15) is 18.3 Å². The quantitative estimate of drug-likeness (QED) is 0.891. The first-order chi connectivity index (χ1) is 9.25. The molecule has 1 aromatic rings. The topological polar surface area (TPSA) is 80.7 Å². The molecule has 0 heterocycles. The maximum Gasteiger partial charge on any atom is 0.314 e. The van der Waals surface area contributed by atoms with Crippen LogP contribution in [0.2, 0.25) is 5.02 Å². The molecule has 0 bridgehead atoms. The summed E-state index contributed by atoms with van der Waals surface area (Å²) in [7, 11) is -2.14. The lowest BCUT2D eigenvalue weighted by Crippen LogP contribution is -2.28. The molecule has 5 nitrogen and oxygen atoms in total. The van der Waals surface area contributed by atoms with Crippen LogP contribution in [0.3, 0.4) is 0 Å². The van der Waals surface area contributed by atoms with Crippen LogP contribution in [0, 0.1) is 5.41 Å². The van der Waals surface area contributed by atoms with Crippen molar-refractivity contribution in [2.45, 2.75) is 11.2 Å². The summed E-state index contributed by atoms with van der Waals surface area (Å²) >= 11 is 5.80. The Kier molecular flexibility index (Phi) is 3.83. The van der Waals surface area contributed by atoms with Gasteiger partial charge < -0.3 is 9.84 Å². The Hall–Kier alpha value is -1.11. The fraction of sp³-hybridized carbons (Fsp3) is 0.462. The summed E-state index contributed by atoms with van der Waals surface area (Å²) in [5.41, 5.74) is -0.778. The SMILES string of the molecule is COC[C@@]1(C(=O)O)[C@H](S(C)(=O)=O)[C@@H]1c1ccc(Cl)cc1. The molecular formula is C13H15ClO5S. The monoisotopic (exact) mass is 318 g/mol. The van der Waals surface area contributed by atoms with E-state index in [-0.39, 0.29) is 6.61 Å². The molecular weight excluding hydrogens is 304 g/mol. The zero-order valence-electron chi connectivity index (χ0n) is 11.0. The number of carbonyl (C=O) groups is 1. The number of methoxy groups -OCH3 is 1. The smallest absolute Gasteiger partial charge is 0.314 e. The standard InChI is InChI=1S/C13H15ClO5S/c1-19-7-13(12(15)16)10(11(13)20(2,17)18)8-3-5-9(14)6-4-8/h3-6,10-11H,7H2,1-2H3,(H,15,16)/t10-,11+,13-/m0/s1. The lowest BCUT2D eigenvalue weighted by atomic mass is 10.0. The van der Waals surface area contributed by atoms with Crippen molar-refractivity contribution in [1.82, 2.24) is 0 Å². The fourth-order valence-corrected chi connectivity index (χ4v) is 4.92. The first-order valence-corrected chi connectivity index (χ1v) is 8.25. The van der Waals surface area contributed by atoms with Gasteiger partial charge in [0.15, 0.2) is 9.84 Å². The van der Waals surface area contributed by atoms with Gasteiger partial charge in [0.1, 0.15) is 5.41 Å². The van der Waals surface area contributed by atoms with E-state index < -0.39 is 32.4 Å². The van der Waals surface area contributed by atoms with Gasteiger partial charge >= 0.3 is 5.97 Å². The molecule has 1 aromatic carbocycles. The van der Waals surface area contributed by atoms with Crippen LogP contribution in [0.15, 0.2) is 24.3 Å². The summed E-state index contributed by atoms with van der Waals surface area (Å²) in [6.45, 7) is -0.145. The highest BCUT2D eigenvalue weighted by molar-refractivity contribution is 7.91. The molecule has 0 aliphatic heterocycles. The van der Waals surface area contributed by atoms with E-state index >= 15 is 0 Å². The van der Waals surface area contributed by atoms with Crippen LogP contribution < -0.4 is 0 Å². The van der Waals surface area contributed by atoms with Gasteiger partial charge in [0.05, 0.1) is 11.9 Å². The molecule has 3 atom stereocenters. The summed E-state index contributed by atoms with van der Waals surface area (Å²) < 4.78 is 28.7. The van der Waals surface area contributed by atoms with Crippen LogP contribution in [0.5, 0.6) is 0 Å². The second-order valence-corrected chi connectivity index (χ2v) is 7.66. The van der Waals surface area contributed by atoms with E-state index in [1.165, 1.54) is 7.11 Å². The van der Waals surface area contributed by atoms with E-state index in [2.05, 4.69) is 0 Å². The molecule has 1 N–H and O–H groups in total. The number of hydrogen-bond acceptors (Lipinski definition) is 4. The number of ether oxygens (including phenoxy) is 1. The number of hydrogen-bond donors (Lipinski definition) is 1. The molecule has 0 saturated heterocycles. The van der Waals surface area contributed by atoms with Crippen molar-refractivity contribution in [3.8, 4) is 0 Å². The van der Waals surface area contributed by atoms with Crippen LogP contribution in [0.1, 0.15) is 11.5 Å². The predicted molar refractivity (Wildman–Crippen MR) is 74.8 cm³/mol.